The highest BCUT2D eigenvalue weighted by Crippen LogP contribution is 2.30. The third kappa shape index (κ3) is 3.91. The molecule has 0 aromatic heterocycles. The Morgan fingerprint density at radius 1 is 1.29 bits per heavy atom. The van der Waals surface area contributed by atoms with Crippen LogP contribution < -0.4 is 11.3 Å². The van der Waals surface area contributed by atoms with Gasteiger partial charge in [0.2, 0.25) is 0 Å². The molecule has 2 atom stereocenters. The summed E-state index contributed by atoms with van der Waals surface area (Å²) in [6.07, 6.45) is 3.20. The number of nitrogens with two attached hydrogens (primary N) is 1. The Labute approximate surface area is 107 Å². The van der Waals surface area contributed by atoms with E-state index in [9.17, 15) is 0 Å². The van der Waals surface area contributed by atoms with Crippen LogP contribution in [0.15, 0.2) is 0 Å². The molecule has 17 heavy (non-hydrogen) atoms. The van der Waals surface area contributed by atoms with Crippen molar-refractivity contribution in [1.82, 2.24) is 10.3 Å². The predicted molar refractivity (Wildman–Crippen MR) is 73.8 cm³/mol. The van der Waals surface area contributed by atoms with Gasteiger partial charge in [0, 0.05) is 25.3 Å². The average molecular weight is 245 g/mol. The number of ether oxygens (including phenoxy) is 1. The van der Waals surface area contributed by atoms with Crippen LogP contribution in [0.25, 0.3) is 0 Å². The van der Waals surface area contributed by atoms with Gasteiger partial charge >= 0.3 is 0 Å². The molecule has 0 spiro atoms. The minimum atomic E-state index is 0.113. The second kappa shape index (κ2) is 8.03. The van der Waals surface area contributed by atoms with Crippen LogP contribution in [-0.4, -0.2) is 44.3 Å². The molecule has 0 amide bonds. The van der Waals surface area contributed by atoms with Gasteiger partial charge in [-0.15, -0.1) is 0 Å². The van der Waals surface area contributed by atoms with E-state index >= 15 is 0 Å². The first kappa shape index (κ1) is 16.8. The van der Waals surface area contributed by atoms with Crippen molar-refractivity contribution in [3.63, 3.8) is 0 Å². The highest BCUT2D eigenvalue weighted by Gasteiger charge is 2.39. The van der Waals surface area contributed by atoms with Gasteiger partial charge in [-0.3, -0.25) is 11.3 Å². The quantitative estimate of drug-likeness (QED) is 0.479. The maximum absolute atomic E-state index is 5.80. The van der Waals surface area contributed by atoms with E-state index < -0.39 is 0 Å². The highest BCUT2D eigenvalue weighted by atomic mass is 16.5. The zero-order valence-corrected chi connectivity index (χ0v) is 12.4. The molecule has 3 N–H and O–H groups in total. The lowest BCUT2D eigenvalue weighted by Crippen LogP contribution is -2.62. The number of likely N-dealkylation sites (N-methyl/N-ethyl adjacent to an activating group) is 1. The topological polar surface area (TPSA) is 50.5 Å². The van der Waals surface area contributed by atoms with E-state index in [2.05, 4.69) is 45.2 Å². The lowest BCUT2D eigenvalue weighted by atomic mass is 9.76. The molecule has 2 unspecified atom stereocenters. The van der Waals surface area contributed by atoms with E-state index in [1.54, 1.807) is 7.11 Å². The monoisotopic (exact) mass is 245 g/mol. The Balaban J connectivity index is 4.89. The smallest absolute Gasteiger partial charge is 0.0465 e. The minimum absolute atomic E-state index is 0.113. The SMILES string of the molecule is CCC(CC)(C(NN)C(C)CCOC)N(C)C. The van der Waals surface area contributed by atoms with Crippen LogP contribution in [0.5, 0.6) is 0 Å². The fourth-order valence-electron chi connectivity index (χ4n) is 2.92. The maximum Gasteiger partial charge on any atom is 0.0465 e. The van der Waals surface area contributed by atoms with E-state index in [4.69, 9.17) is 10.6 Å². The van der Waals surface area contributed by atoms with Crippen LogP contribution in [0.3, 0.4) is 0 Å². The second-order valence-electron chi connectivity index (χ2n) is 5.11. The molecular formula is C13H31N3O. The summed E-state index contributed by atoms with van der Waals surface area (Å²) in [4.78, 5) is 2.31. The van der Waals surface area contributed by atoms with Crippen molar-refractivity contribution in [3.8, 4) is 0 Å². The summed E-state index contributed by atoms with van der Waals surface area (Å²) in [5.41, 5.74) is 3.15. The molecule has 0 aromatic rings. The molecule has 104 valence electrons. The Morgan fingerprint density at radius 3 is 2.12 bits per heavy atom. The summed E-state index contributed by atoms with van der Waals surface area (Å²) >= 11 is 0. The first-order valence-corrected chi connectivity index (χ1v) is 6.62. The van der Waals surface area contributed by atoms with Gasteiger partial charge in [0.15, 0.2) is 0 Å². The summed E-state index contributed by atoms with van der Waals surface area (Å²) in [7, 11) is 6.03. The number of hydrogen-bond acceptors (Lipinski definition) is 4. The summed E-state index contributed by atoms with van der Waals surface area (Å²) in [5.74, 6) is 6.29. The van der Waals surface area contributed by atoms with E-state index in [1.807, 2.05) is 0 Å². The van der Waals surface area contributed by atoms with Gasteiger partial charge in [-0.25, -0.2) is 0 Å². The molecule has 0 aliphatic heterocycles. The van der Waals surface area contributed by atoms with Gasteiger partial charge < -0.3 is 9.64 Å². The largest absolute Gasteiger partial charge is 0.385 e. The summed E-state index contributed by atoms with van der Waals surface area (Å²) < 4.78 is 5.17. The first-order valence-electron chi connectivity index (χ1n) is 6.62. The van der Waals surface area contributed by atoms with Crippen LogP contribution in [0, 0.1) is 5.92 Å². The third-order valence-electron chi connectivity index (χ3n) is 4.22. The fraction of sp³-hybridized carbons (Fsp3) is 1.00. The fourth-order valence-corrected chi connectivity index (χ4v) is 2.92. The van der Waals surface area contributed by atoms with E-state index in [1.165, 1.54) is 0 Å². The molecule has 0 saturated heterocycles. The Morgan fingerprint density at radius 2 is 1.82 bits per heavy atom. The Bertz CT molecular complexity index is 193. The van der Waals surface area contributed by atoms with Crippen molar-refractivity contribution in [2.75, 3.05) is 27.8 Å². The number of methoxy groups -OCH3 is 1. The van der Waals surface area contributed by atoms with Gasteiger partial charge in [-0.2, -0.15) is 0 Å². The van der Waals surface area contributed by atoms with Crippen molar-refractivity contribution in [2.45, 2.75) is 51.6 Å². The van der Waals surface area contributed by atoms with Crippen LogP contribution in [0.2, 0.25) is 0 Å². The second-order valence-corrected chi connectivity index (χ2v) is 5.11. The van der Waals surface area contributed by atoms with Crippen molar-refractivity contribution in [2.24, 2.45) is 11.8 Å². The zero-order chi connectivity index (χ0) is 13.5. The van der Waals surface area contributed by atoms with Crippen LogP contribution in [0.4, 0.5) is 0 Å². The molecule has 4 nitrogen and oxygen atoms in total. The van der Waals surface area contributed by atoms with Crippen molar-refractivity contribution < 1.29 is 4.74 Å². The average Bonchev–Trinajstić information content (AvgIpc) is 2.32. The summed E-state index contributed by atoms with van der Waals surface area (Å²) in [6.45, 7) is 7.50. The lowest BCUT2D eigenvalue weighted by molar-refractivity contribution is 0.0530. The maximum atomic E-state index is 5.80. The Kier molecular flexibility index (Phi) is 7.96. The summed E-state index contributed by atoms with van der Waals surface area (Å²) in [6, 6.07) is 0.280. The number of nitrogens with zero attached hydrogens (tertiary/aromatic N) is 1. The van der Waals surface area contributed by atoms with E-state index in [0.29, 0.717) is 5.92 Å². The molecule has 0 aromatic carbocycles. The van der Waals surface area contributed by atoms with Gasteiger partial charge in [0.1, 0.15) is 0 Å². The first-order chi connectivity index (χ1) is 7.99. The third-order valence-corrected chi connectivity index (χ3v) is 4.22. The van der Waals surface area contributed by atoms with Gasteiger partial charge in [0.25, 0.3) is 0 Å². The summed E-state index contributed by atoms with van der Waals surface area (Å²) in [5, 5.41) is 0. The molecule has 0 aliphatic rings. The number of nitrogens with one attached hydrogen (secondary N) is 1. The molecule has 0 aliphatic carbocycles. The molecule has 4 heteroatoms. The molecule has 0 heterocycles. The molecule has 0 rings (SSSR count). The Hall–Kier alpha value is -0.160. The normalized spacial score (nSPS) is 16.2. The number of hydrogen-bond donors (Lipinski definition) is 2. The molecule has 0 saturated carbocycles. The minimum Gasteiger partial charge on any atom is -0.385 e. The van der Waals surface area contributed by atoms with Gasteiger partial charge in [-0.05, 0) is 39.3 Å². The van der Waals surface area contributed by atoms with Crippen molar-refractivity contribution >= 4 is 0 Å². The molecule has 0 bridgehead atoms. The predicted octanol–water partition coefficient (Wildman–Crippen LogP) is 1.61. The van der Waals surface area contributed by atoms with E-state index in [0.717, 1.165) is 25.9 Å². The number of hydrazine groups is 1. The van der Waals surface area contributed by atoms with Crippen LogP contribution in [0.1, 0.15) is 40.0 Å². The van der Waals surface area contributed by atoms with Crippen molar-refractivity contribution in [1.29, 1.82) is 0 Å². The zero-order valence-electron chi connectivity index (χ0n) is 12.4. The van der Waals surface area contributed by atoms with Crippen LogP contribution in [-0.2, 0) is 4.74 Å². The van der Waals surface area contributed by atoms with Crippen LogP contribution >= 0.6 is 0 Å². The van der Waals surface area contributed by atoms with E-state index in [-0.39, 0.29) is 11.6 Å². The molecule has 0 fully saturated rings. The lowest BCUT2D eigenvalue weighted by Gasteiger charge is -2.47. The standard InChI is InChI=1S/C13H31N3O/c1-7-13(8-2,16(4)5)12(15-14)11(3)9-10-17-6/h11-12,15H,7-10,14H2,1-6H3. The molecular weight excluding hydrogens is 214 g/mol. The van der Waals surface area contributed by atoms with Crippen molar-refractivity contribution in [3.05, 3.63) is 0 Å². The molecule has 0 radical (unpaired) electrons. The van der Waals surface area contributed by atoms with Gasteiger partial charge in [-0.1, -0.05) is 20.8 Å². The highest BCUT2D eigenvalue weighted by molar-refractivity contribution is 4.98. The number of rotatable bonds is 9. The van der Waals surface area contributed by atoms with Gasteiger partial charge in [0.05, 0.1) is 0 Å².